The average Bonchev–Trinajstić information content (AvgIpc) is 2.89. The highest BCUT2D eigenvalue weighted by molar-refractivity contribution is 6.62. The number of fused-ring (bicyclic) bond motifs is 1. The molecule has 1 amide bonds. The molecule has 2 fully saturated rings. The Hall–Kier alpha value is -1.80. The van der Waals surface area contributed by atoms with E-state index >= 15 is 4.39 Å². The molecule has 0 aliphatic carbocycles. The molecule has 0 unspecified atom stereocenters. The van der Waals surface area contributed by atoms with E-state index in [2.05, 4.69) is 0 Å². The first-order valence-electron chi connectivity index (χ1n) is 11.6. The van der Waals surface area contributed by atoms with Crippen molar-refractivity contribution in [2.24, 2.45) is 0 Å². The lowest BCUT2D eigenvalue weighted by molar-refractivity contribution is -0.0291. The largest absolute Gasteiger partial charge is 0.494 e. The number of piperidine rings is 1. The van der Waals surface area contributed by atoms with E-state index in [0.717, 1.165) is 12.0 Å². The summed E-state index contributed by atoms with van der Waals surface area (Å²) < 4.78 is 39.1. The van der Waals surface area contributed by atoms with Crippen LogP contribution in [-0.4, -0.2) is 53.6 Å². The predicted molar refractivity (Wildman–Crippen MR) is 121 cm³/mol. The first-order chi connectivity index (χ1) is 14.7. The normalized spacial score (nSPS) is 23.6. The molecule has 0 aromatic heterocycles. The molecule has 1 spiro atoms. The third kappa shape index (κ3) is 4.36. The maximum absolute atomic E-state index is 15.2. The molecule has 3 aliphatic rings. The molecule has 0 saturated carbocycles. The monoisotopic (exact) mass is 447 g/mol. The zero-order chi connectivity index (χ0) is 23.5. The van der Waals surface area contributed by atoms with Crippen LogP contribution in [0.5, 0.6) is 5.75 Å². The Morgan fingerprint density at radius 1 is 1.06 bits per heavy atom. The molecule has 8 heteroatoms. The van der Waals surface area contributed by atoms with Crippen LogP contribution in [0.3, 0.4) is 0 Å². The molecule has 0 atom stereocenters. The van der Waals surface area contributed by atoms with Crippen LogP contribution >= 0.6 is 0 Å². The predicted octanol–water partition coefficient (Wildman–Crippen LogP) is 4.22. The Morgan fingerprint density at radius 2 is 1.66 bits per heavy atom. The van der Waals surface area contributed by atoms with Crippen LogP contribution < -0.4 is 10.2 Å². The van der Waals surface area contributed by atoms with Gasteiger partial charge in [-0.05, 0) is 78.4 Å². The highest BCUT2D eigenvalue weighted by Crippen LogP contribution is 2.41. The molecule has 1 aromatic rings. The third-order valence-corrected chi connectivity index (χ3v) is 7.16. The Morgan fingerprint density at radius 3 is 2.22 bits per heavy atom. The second-order valence-electron chi connectivity index (χ2n) is 11.3. The Labute approximate surface area is 190 Å². The van der Waals surface area contributed by atoms with E-state index in [4.69, 9.17) is 18.8 Å². The summed E-state index contributed by atoms with van der Waals surface area (Å²) in [6, 6.07) is 3.42. The Kier molecular flexibility index (Phi) is 5.57. The first-order valence-corrected chi connectivity index (χ1v) is 11.6. The summed E-state index contributed by atoms with van der Waals surface area (Å²) in [6.07, 6.45) is 2.51. The fourth-order valence-electron chi connectivity index (χ4n) is 4.49. The summed E-state index contributed by atoms with van der Waals surface area (Å²) in [6.45, 7) is 14.6. The second-order valence-corrected chi connectivity index (χ2v) is 11.3. The summed E-state index contributed by atoms with van der Waals surface area (Å²) in [7, 11) is -0.604. The van der Waals surface area contributed by atoms with E-state index in [0.29, 0.717) is 43.6 Å². The van der Waals surface area contributed by atoms with Crippen LogP contribution in [0, 0.1) is 5.82 Å². The van der Waals surface area contributed by atoms with Gasteiger partial charge >= 0.3 is 13.2 Å². The van der Waals surface area contributed by atoms with Gasteiger partial charge in [-0.1, -0.05) is 6.07 Å². The van der Waals surface area contributed by atoms with Gasteiger partial charge in [0.15, 0.2) is 11.6 Å². The molecule has 176 valence electrons. The van der Waals surface area contributed by atoms with Crippen molar-refractivity contribution in [1.29, 1.82) is 0 Å². The number of ether oxygens (including phenoxy) is 2. The van der Waals surface area contributed by atoms with Crippen molar-refractivity contribution in [1.82, 2.24) is 4.90 Å². The summed E-state index contributed by atoms with van der Waals surface area (Å²) >= 11 is 0. The van der Waals surface area contributed by atoms with Gasteiger partial charge in [-0.3, -0.25) is 0 Å². The minimum atomic E-state index is -0.604. The Balaban J connectivity index is 1.46. The zero-order valence-electron chi connectivity index (χ0n) is 20.3. The molecule has 3 aliphatic heterocycles. The average molecular weight is 447 g/mol. The molecular formula is C24H35BFNO5. The van der Waals surface area contributed by atoms with E-state index in [9.17, 15) is 4.79 Å². The number of hydrogen-bond donors (Lipinski definition) is 0. The molecule has 1 aromatic carbocycles. The van der Waals surface area contributed by atoms with Crippen LogP contribution in [0.2, 0.25) is 0 Å². The second kappa shape index (κ2) is 7.62. The lowest BCUT2D eigenvalue weighted by Gasteiger charge is -2.44. The van der Waals surface area contributed by atoms with Crippen molar-refractivity contribution in [3.05, 3.63) is 23.5 Å². The molecule has 0 N–H and O–H groups in total. The molecule has 0 radical (unpaired) electrons. The number of hydrogen-bond acceptors (Lipinski definition) is 5. The summed E-state index contributed by atoms with van der Waals surface area (Å²) in [5.74, 6) is -0.0666. The van der Waals surface area contributed by atoms with Gasteiger partial charge in [-0.2, -0.15) is 0 Å². The first kappa shape index (κ1) is 23.4. The van der Waals surface area contributed by atoms with Crippen LogP contribution in [0.15, 0.2) is 12.1 Å². The number of amides is 1. The van der Waals surface area contributed by atoms with E-state index in [-0.39, 0.29) is 11.9 Å². The molecule has 3 heterocycles. The zero-order valence-corrected chi connectivity index (χ0v) is 20.3. The smallest absolute Gasteiger partial charge is 0.484 e. The number of nitrogens with zero attached hydrogens (tertiary/aromatic N) is 1. The van der Waals surface area contributed by atoms with Gasteiger partial charge in [-0.15, -0.1) is 0 Å². The maximum atomic E-state index is 15.2. The number of halogens is 1. The van der Waals surface area contributed by atoms with Gasteiger partial charge in [0.25, 0.3) is 0 Å². The molecule has 32 heavy (non-hydrogen) atoms. The van der Waals surface area contributed by atoms with Crippen molar-refractivity contribution in [3.8, 4) is 5.75 Å². The third-order valence-electron chi connectivity index (χ3n) is 7.16. The van der Waals surface area contributed by atoms with E-state index in [1.165, 1.54) is 6.07 Å². The topological polar surface area (TPSA) is 57.2 Å². The highest BCUT2D eigenvalue weighted by Gasteiger charge is 2.52. The number of rotatable bonds is 1. The van der Waals surface area contributed by atoms with E-state index in [1.807, 2.05) is 54.5 Å². The summed E-state index contributed by atoms with van der Waals surface area (Å²) in [5, 5.41) is 0. The van der Waals surface area contributed by atoms with Crippen molar-refractivity contribution in [2.75, 3.05) is 13.1 Å². The van der Waals surface area contributed by atoms with Gasteiger partial charge in [-0.25, -0.2) is 9.18 Å². The number of likely N-dealkylation sites (tertiary alicyclic amines) is 1. The standard InChI is InChI=1S/C24H35BFNO5/c1-21(2,3)30-20(28)27-12-10-24(11-13-27)9-8-16-14-17(15-18(26)19(16)29-24)25-31-22(4,5)23(6,7)32-25/h14-15H,8-13H2,1-7H3. The number of benzene rings is 1. The van der Waals surface area contributed by atoms with Crippen LogP contribution in [0.1, 0.15) is 73.3 Å². The number of carbonyl (C=O) groups is 1. The van der Waals surface area contributed by atoms with Crippen LogP contribution in [-0.2, 0) is 20.5 Å². The van der Waals surface area contributed by atoms with Crippen LogP contribution in [0.25, 0.3) is 0 Å². The molecule has 6 nitrogen and oxygen atoms in total. The molecule has 0 bridgehead atoms. The van der Waals surface area contributed by atoms with Crippen molar-refractivity contribution in [3.63, 3.8) is 0 Å². The summed E-state index contributed by atoms with van der Waals surface area (Å²) in [4.78, 5) is 14.1. The molecule has 2 saturated heterocycles. The number of aryl methyl sites for hydroxylation is 1. The fourth-order valence-corrected chi connectivity index (χ4v) is 4.49. The van der Waals surface area contributed by atoms with E-state index in [1.54, 1.807) is 4.90 Å². The Bertz CT molecular complexity index is 886. The minimum absolute atomic E-state index is 0.304. The van der Waals surface area contributed by atoms with Crippen molar-refractivity contribution < 1.29 is 28.0 Å². The van der Waals surface area contributed by atoms with Gasteiger partial charge in [0, 0.05) is 25.9 Å². The minimum Gasteiger partial charge on any atom is -0.484 e. The van der Waals surface area contributed by atoms with Crippen molar-refractivity contribution in [2.45, 2.75) is 96.6 Å². The highest BCUT2D eigenvalue weighted by atomic mass is 19.1. The van der Waals surface area contributed by atoms with Gasteiger partial charge in [0.1, 0.15) is 11.2 Å². The van der Waals surface area contributed by atoms with E-state index < -0.39 is 29.5 Å². The molecule has 4 rings (SSSR count). The van der Waals surface area contributed by atoms with Gasteiger partial charge < -0.3 is 23.7 Å². The number of carbonyl (C=O) groups excluding carboxylic acids is 1. The SMILES string of the molecule is CC(C)(C)OC(=O)N1CCC2(CCc3cc(B4OC(C)(C)C(C)(C)O4)cc(F)c3O2)CC1. The maximum Gasteiger partial charge on any atom is 0.494 e. The van der Waals surface area contributed by atoms with Crippen LogP contribution in [0.4, 0.5) is 9.18 Å². The summed E-state index contributed by atoms with van der Waals surface area (Å²) in [5.41, 5.74) is -0.406. The fraction of sp³-hybridized carbons (Fsp3) is 0.708. The molecular weight excluding hydrogens is 412 g/mol. The lowest BCUT2D eigenvalue weighted by atomic mass is 9.76. The van der Waals surface area contributed by atoms with Gasteiger partial charge in [0.05, 0.1) is 11.2 Å². The quantitative estimate of drug-likeness (QED) is 0.604. The lowest BCUT2D eigenvalue weighted by Crippen LogP contribution is -2.52. The van der Waals surface area contributed by atoms with Gasteiger partial charge in [0.2, 0.25) is 0 Å². The van der Waals surface area contributed by atoms with Crippen molar-refractivity contribution >= 4 is 18.7 Å².